The summed E-state index contributed by atoms with van der Waals surface area (Å²) in [5, 5.41) is 5.14. The van der Waals surface area contributed by atoms with Crippen LogP contribution in [-0.2, 0) is 5.41 Å². The largest absolute Gasteiger partial charge is 0.0616 e. The number of aryl methyl sites for hydroxylation is 2. The average Bonchev–Trinajstić information content (AvgIpc) is 3.36. The number of hydrogen-bond acceptors (Lipinski definition) is 0. The van der Waals surface area contributed by atoms with Gasteiger partial charge in [0.1, 0.15) is 0 Å². The Morgan fingerprint density at radius 2 is 0.694 bits per heavy atom. The third-order valence-corrected chi connectivity index (χ3v) is 11.0. The molecule has 0 aromatic heterocycles. The van der Waals surface area contributed by atoms with E-state index in [1.165, 1.54) is 99.4 Å². The van der Waals surface area contributed by atoms with Crippen LogP contribution in [0.2, 0.25) is 0 Å². The molecule has 49 heavy (non-hydrogen) atoms. The Kier molecular flexibility index (Phi) is 6.71. The average molecular weight is 627 g/mol. The molecule has 0 radical (unpaired) electrons. The van der Waals surface area contributed by atoms with Crippen LogP contribution in [0.1, 0.15) is 36.1 Å². The van der Waals surface area contributed by atoms with Gasteiger partial charge in [-0.1, -0.05) is 159 Å². The van der Waals surface area contributed by atoms with Gasteiger partial charge in [-0.25, -0.2) is 0 Å². The van der Waals surface area contributed by atoms with Crippen molar-refractivity contribution >= 4 is 21.5 Å². The summed E-state index contributed by atoms with van der Waals surface area (Å²) < 4.78 is 0. The molecule has 9 rings (SSSR count). The van der Waals surface area contributed by atoms with Crippen LogP contribution in [0.15, 0.2) is 158 Å². The molecule has 0 spiro atoms. The Morgan fingerprint density at radius 1 is 0.327 bits per heavy atom. The van der Waals surface area contributed by atoms with Gasteiger partial charge in [0.05, 0.1) is 0 Å². The molecule has 1 aliphatic rings. The lowest BCUT2D eigenvalue weighted by atomic mass is 9.80. The van der Waals surface area contributed by atoms with Crippen LogP contribution >= 0.6 is 0 Å². The highest BCUT2D eigenvalue weighted by Crippen LogP contribution is 2.51. The van der Waals surface area contributed by atoms with Crippen molar-refractivity contribution in [2.45, 2.75) is 33.1 Å². The fraction of sp³-hybridized carbons (Fsp3) is 0.102. The molecule has 0 unspecified atom stereocenters. The Labute approximate surface area is 289 Å². The van der Waals surface area contributed by atoms with Crippen LogP contribution in [0.4, 0.5) is 0 Å². The number of rotatable bonds is 4. The van der Waals surface area contributed by atoms with Gasteiger partial charge in [-0.3, -0.25) is 0 Å². The summed E-state index contributed by atoms with van der Waals surface area (Å²) in [6, 6.07) is 58.6. The molecule has 0 fully saturated rings. The quantitative estimate of drug-likeness (QED) is 0.182. The van der Waals surface area contributed by atoms with Crippen molar-refractivity contribution in [1.82, 2.24) is 0 Å². The van der Waals surface area contributed by atoms with E-state index in [4.69, 9.17) is 0 Å². The van der Waals surface area contributed by atoms with Crippen molar-refractivity contribution in [3.8, 4) is 55.6 Å². The first-order valence-electron chi connectivity index (χ1n) is 17.3. The van der Waals surface area contributed by atoms with Gasteiger partial charge in [0, 0.05) is 5.41 Å². The molecule has 0 amide bonds. The Bertz CT molecular complexity index is 2410. The van der Waals surface area contributed by atoms with Crippen LogP contribution in [-0.4, -0.2) is 0 Å². The van der Waals surface area contributed by atoms with Crippen molar-refractivity contribution in [2.24, 2.45) is 0 Å². The van der Waals surface area contributed by atoms with E-state index in [9.17, 15) is 0 Å². The van der Waals surface area contributed by atoms with Gasteiger partial charge < -0.3 is 0 Å². The zero-order valence-corrected chi connectivity index (χ0v) is 28.5. The molecule has 0 aliphatic heterocycles. The molecule has 0 heteroatoms. The van der Waals surface area contributed by atoms with E-state index in [1.807, 2.05) is 0 Å². The Balaban J connectivity index is 1.05. The maximum Gasteiger partial charge on any atom is 0.0159 e. The third kappa shape index (κ3) is 4.74. The summed E-state index contributed by atoms with van der Waals surface area (Å²) in [5.74, 6) is 0. The molecule has 0 saturated heterocycles. The van der Waals surface area contributed by atoms with Crippen LogP contribution in [0.25, 0.3) is 77.2 Å². The van der Waals surface area contributed by atoms with E-state index in [0.29, 0.717) is 0 Å². The molecular weight excluding hydrogens is 589 g/mol. The molecular formula is C49H38. The second-order valence-corrected chi connectivity index (χ2v) is 14.3. The van der Waals surface area contributed by atoms with Gasteiger partial charge in [-0.05, 0) is 125 Å². The highest BCUT2D eigenvalue weighted by molar-refractivity contribution is 5.98. The second-order valence-electron chi connectivity index (χ2n) is 14.3. The minimum absolute atomic E-state index is 0.107. The van der Waals surface area contributed by atoms with Crippen molar-refractivity contribution in [2.75, 3.05) is 0 Å². The summed E-state index contributed by atoms with van der Waals surface area (Å²) in [7, 11) is 0. The van der Waals surface area contributed by atoms with Gasteiger partial charge in [0.2, 0.25) is 0 Å². The standard InChI is InChI=1S/C49H38/c1-31-27-35(43-17-9-13-33-11-5-7-15-41(33)43)19-23-39(31)37-21-25-45-46-26-22-38(30-48(46)49(3,4)47(45)29-37)40-24-20-36(28-32(40)2)44-18-10-14-34-12-6-8-16-42(34)44/h5-30H,1-4H3. The van der Waals surface area contributed by atoms with Crippen molar-refractivity contribution in [3.05, 3.63) is 180 Å². The van der Waals surface area contributed by atoms with Crippen LogP contribution in [0.3, 0.4) is 0 Å². The normalized spacial score (nSPS) is 13.1. The third-order valence-electron chi connectivity index (χ3n) is 11.0. The smallest absolute Gasteiger partial charge is 0.0159 e. The fourth-order valence-corrected chi connectivity index (χ4v) is 8.34. The first-order chi connectivity index (χ1) is 23.9. The second kappa shape index (κ2) is 11.2. The molecule has 0 bridgehead atoms. The molecule has 234 valence electrons. The van der Waals surface area contributed by atoms with Gasteiger partial charge >= 0.3 is 0 Å². The maximum absolute atomic E-state index is 2.44. The van der Waals surface area contributed by atoms with Gasteiger partial charge in [0.15, 0.2) is 0 Å². The van der Waals surface area contributed by atoms with Crippen LogP contribution < -0.4 is 0 Å². The molecule has 0 heterocycles. The molecule has 0 N–H and O–H groups in total. The summed E-state index contributed by atoms with van der Waals surface area (Å²) in [6.07, 6.45) is 0. The molecule has 1 aliphatic carbocycles. The fourth-order valence-electron chi connectivity index (χ4n) is 8.34. The van der Waals surface area contributed by atoms with E-state index in [2.05, 4.69) is 185 Å². The van der Waals surface area contributed by atoms with Crippen molar-refractivity contribution < 1.29 is 0 Å². The summed E-state index contributed by atoms with van der Waals surface area (Å²) in [6.45, 7) is 9.27. The highest BCUT2D eigenvalue weighted by atomic mass is 14.4. The lowest BCUT2D eigenvalue weighted by molar-refractivity contribution is 0.661. The first kappa shape index (κ1) is 29.4. The van der Waals surface area contributed by atoms with E-state index in [0.717, 1.165) is 0 Å². The maximum atomic E-state index is 2.44. The van der Waals surface area contributed by atoms with Crippen molar-refractivity contribution in [3.63, 3.8) is 0 Å². The lowest BCUT2D eigenvalue weighted by Gasteiger charge is -2.23. The Hall–Kier alpha value is -5.72. The summed E-state index contributed by atoms with van der Waals surface area (Å²) in [4.78, 5) is 0. The van der Waals surface area contributed by atoms with Crippen molar-refractivity contribution in [1.29, 1.82) is 0 Å². The van der Waals surface area contributed by atoms with Gasteiger partial charge in [-0.2, -0.15) is 0 Å². The predicted octanol–water partition coefficient (Wildman–Crippen LogP) is 13.6. The Morgan fingerprint density at radius 3 is 1.12 bits per heavy atom. The zero-order valence-electron chi connectivity index (χ0n) is 28.5. The zero-order chi connectivity index (χ0) is 33.3. The molecule has 0 saturated carbocycles. The minimum atomic E-state index is -0.107. The number of benzene rings is 8. The van der Waals surface area contributed by atoms with E-state index < -0.39 is 0 Å². The minimum Gasteiger partial charge on any atom is -0.0616 e. The van der Waals surface area contributed by atoms with E-state index in [-0.39, 0.29) is 5.41 Å². The van der Waals surface area contributed by atoms with Gasteiger partial charge in [0.25, 0.3) is 0 Å². The highest BCUT2D eigenvalue weighted by Gasteiger charge is 2.36. The monoisotopic (exact) mass is 626 g/mol. The predicted molar refractivity (Wildman–Crippen MR) is 210 cm³/mol. The summed E-state index contributed by atoms with van der Waals surface area (Å²) >= 11 is 0. The summed E-state index contributed by atoms with van der Waals surface area (Å²) in [5.41, 5.74) is 18.2. The van der Waals surface area contributed by atoms with E-state index >= 15 is 0 Å². The first-order valence-corrected chi connectivity index (χ1v) is 17.3. The molecule has 0 nitrogen and oxygen atoms in total. The topological polar surface area (TPSA) is 0 Å². The van der Waals surface area contributed by atoms with Crippen LogP contribution in [0, 0.1) is 13.8 Å². The lowest BCUT2D eigenvalue weighted by Crippen LogP contribution is -2.15. The van der Waals surface area contributed by atoms with Gasteiger partial charge in [-0.15, -0.1) is 0 Å². The van der Waals surface area contributed by atoms with E-state index in [1.54, 1.807) is 0 Å². The molecule has 8 aromatic rings. The number of hydrogen-bond donors (Lipinski definition) is 0. The molecule has 8 aromatic carbocycles. The SMILES string of the molecule is Cc1cc(-c2cccc3ccccc23)ccc1-c1ccc2c(c1)C(C)(C)c1cc(-c3ccc(-c4cccc5ccccc45)cc3C)ccc1-2. The number of fused-ring (bicyclic) bond motifs is 5. The van der Waals surface area contributed by atoms with Crippen LogP contribution in [0.5, 0.6) is 0 Å². The molecule has 0 atom stereocenters.